The van der Waals surface area contributed by atoms with Crippen molar-refractivity contribution in [1.82, 2.24) is 0 Å². The van der Waals surface area contributed by atoms with Crippen molar-refractivity contribution in [2.45, 2.75) is 40.5 Å². The summed E-state index contributed by atoms with van der Waals surface area (Å²) in [6, 6.07) is 10.1. The van der Waals surface area contributed by atoms with Gasteiger partial charge >= 0.3 is 0 Å². The highest BCUT2D eigenvalue weighted by atomic mass is 79.9. The predicted octanol–water partition coefficient (Wildman–Crippen LogP) is 5.21. The second kappa shape index (κ2) is 8.34. The first kappa shape index (κ1) is 18.5. The molecule has 0 aliphatic heterocycles. The summed E-state index contributed by atoms with van der Waals surface area (Å²) in [5, 5.41) is 3.03. The summed E-state index contributed by atoms with van der Waals surface area (Å²) in [5.74, 6) is 0.639. The van der Waals surface area contributed by atoms with Crippen LogP contribution >= 0.6 is 15.9 Å². The van der Waals surface area contributed by atoms with Crippen LogP contribution in [0.25, 0.3) is 0 Å². The van der Waals surface area contributed by atoms with Crippen molar-refractivity contribution >= 4 is 27.5 Å². The van der Waals surface area contributed by atoms with Gasteiger partial charge in [0.1, 0.15) is 5.75 Å². The summed E-state index contributed by atoms with van der Waals surface area (Å²) in [4.78, 5) is 12.4. The molecule has 2 aromatic carbocycles. The molecule has 0 saturated carbocycles. The van der Waals surface area contributed by atoms with Crippen LogP contribution < -0.4 is 10.1 Å². The van der Waals surface area contributed by atoms with E-state index in [4.69, 9.17) is 4.74 Å². The Morgan fingerprint density at radius 3 is 2.12 bits per heavy atom. The minimum Gasteiger partial charge on any atom is -0.483 e. The Hall–Kier alpha value is -1.81. The average Bonchev–Trinajstić information content (AvgIpc) is 2.54. The maximum atomic E-state index is 12.4. The number of ether oxygens (including phenoxy) is 1. The molecular weight excluding hydrogens is 366 g/mol. The number of amides is 1. The zero-order valence-corrected chi connectivity index (χ0v) is 16.3. The molecule has 24 heavy (non-hydrogen) atoms. The molecule has 0 radical (unpaired) electrons. The number of benzene rings is 2. The van der Waals surface area contributed by atoms with Crippen molar-refractivity contribution in [3.8, 4) is 5.75 Å². The Morgan fingerprint density at radius 1 is 1.08 bits per heavy atom. The van der Waals surface area contributed by atoms with Gasteiger partial charge in [0.05, 0.1) is 0 Å². The van der Waals surface area contributed by atoms with Gasteiger partial charge in [0, 0.05) is 10.2 Å². The lowest BCUT2D eigenvalue weighted by molar-refractivity contribution is -0.118. The topological polar surface area (TPSA) is 38.3 Å². The third-order valence-electron chi connectivity index (χ3n) is 4.04. The normalized spacial score (nSPS) is 10.5. The number of anilines is 1. The van der Waals surface area contributed by atoms with Gasteiger partial charge < -0.3 is 10.1 Å². The molecule has 0 saturated heterocycles. The van der Waals surface area contributed by atoms with Crippen LogP contribution in [0.4, 0.5) is 5.69 Å². The molecule has 1 amide bonds. The molecule has 1 N–H and O–H groups in total. The summed E-state index contributed by atoms with van der Waals surface area (Å²) in [6.45, 7) is 8.15. The van der Waals surface area contributed by atoms with Gasteiger partial charge in [-0.05, 0) is 61.1 Å². The fourth-order valence-electron chi connectivity index (χ4n) is 2.84. The minimum atomic E-state index is -0.132. The van der Waals surface area contributed by atoms with Gasteiger partial charge in [-0.1, -0.05) is 48.0 Å². The predicted molar refractivity (Wildman–Crippen MR) is 103 cm³/mol. The van der Waals surface area contributed by atoms with Crippen molar-refractivity contribution < 1.29 is 9.53 Å². The molecule has 3 nitrogen and oxygen atoms in total. The average molecular weight is 390 g/mol. The molecule has 0 unspecified atom stereocenters. The van der Waals surface area contributed by atoms with Crippen molar-refractivity contribution in [3.63, 3.8) is 0 Å². The van der Waals surface area contributed by atoms with Crippen LogP contribution in [0.3, 0.4) is 0 Å². The van der Waals surface area contributed by atoms with Gasteiger partial charge in [0.15, 0.2) is 6.61 Å². The minimum absolute atomic E-state index is 0.00448. The lowest BCUT2D eigenvalue weighted by Crippen LogP contribution is -2.22. The Labute approximate surface area is 152 Å². The second-order valence-electron chi connectivity index (χ2n) is 5.86. The van der Waals surface area contributed by atoms with Crippen LogP contribution in [0.5, 0.6) is 5.75 Å². The summed E-state index contributed by atoms with van der Waals surface area (Å²) in [6.07, 6.45) is 1.77. The Morgan fingerprint density at radius 2 is 1.62 bits per heavy atom. The molecule has 2 aromatic rings. The summed E-state index contributed by atoms with van der Waals surface area (Å²) >= 11 is 3.47. The molecule has 128 valence electrons. The number of nitrogens with one attached hydrogen (secondary N) is 1. The molecule has 0 aromatic heterocycles. The van der Waals surface area contributed by atoms with E-state index < -0.39 is 0 Å². The number of halogens is 1. The molecular formula is C20H24BrNO2. The number of para-hydroxylation sites is 1. The van der Waals surface area contributed by atoms with Crippen LogP contribution in [0.15, 0.2) is 34.8 Å². The van der Waals surface area contributed by atoms with E-state index in [1.165, 1.54) is 0 Å². The van der Waals surface area contributed by atoms with Gasteiger partial charge in [-0.2, -0.15) is 0 Å². The molecule has 0 bridgehead atoms. The Bertz CT molecular complexity index is 695. The summed E-state index contributed by atoms with van der Waals surface area (Å²) < 4.78 is 6.78. The molecule has 0 heterocycles. The first-order valence-electron chi connectivity index (χ1n) is 8.26. The number of hydrogen-bond donors (Lipinski definition) is 1. The van der Waals surface area contributed by atoms with E-state index >= 15 is 0 Å². The molecule has 4 heteroatoms. The Kier molecular flexibility index (Phi) is 6.44. The first-order valence-corrected chi connectivity index (χ1v) is 9.05. The maximum Gasteiger partial charge on any atom is 0.262 e. The van der Waals surface area contributed by atoms with Crippen molar-refractivity contribution in [3.05, 3.63) is 57.1 Å². The van der Waals surface area contributed by atoms with Crippen LogP contribution in [0.2, 0.25) is 0 Å². The highest BCUT2D eigenvalue weighted by Gasteiger charge is 2.12. The highest BCUT2D eigenvalue weighted by molar-refractivity contribution is 9.10. The van der Waals surface area contributed by atoms with Crippen LogP contribution in [0, 0.1) is 13.8 Å². The zero-order chi connectivity index (χ0) is 17.7. The largest absolute Gasteiger partial charge is 0.483 e. The highest BCUT2D eigenvalue weighted by Crippen LogP contribution is 2.27. The maximum absolute atomic E-state index is 12.4. The van der Waals surface area contributed by atoms with E-state index in [1.807, 2.05) is 32.0 Å². The van der Waals surface area contributed by atoms with E-state index in [0.29, 0.717) is 0 Å². The monoisotopic (exact) mass is 389 g/mol. The number of hydrogen-bond acceptors (Lipinski definition) is 2. The first-order chi connectivity index (χ1) is 11.5. The van der Waals surface area contributed by atoms with Gasteiger partial charge in [-0.15, -0.1) is 0 Å². The van der Waals surface area contributed by atoms with Crippen molar-refractivity contribution in [2.24, 2.45) is 0 Å². The third kappa shape index (κ3) is 4.38. The zero-order valence-electron chi connectivity index (χ0n) is 14.7. The SMILES string of the molecule is CCc1cccc(CC)c1NC(=O)COc1c(C)cc(Br)cc1C. The standard InChI is InChI=1S/C20H24BrNO2/c1-5-15-8-7-9-16(6-2)19(15)22-18(23)12-24-20-13(3)10-17(21)11-14(20)4/h7-11H,5-6,12H2,1-4H3,(H,22,23). The summed E-state index contributed by atoms with van der Waals surface area (Å²) in [7, 11) is 0. The molecule has 0 aliphatic carbocycles. The van der Waals surface area contributed by atoms with E-state index in [9.17, 15) is 4.79 Å². The lowest BCUT2D eigenvalue weighted by Gasteiger charge is -2.16. The second-order valence-corrected chi connectivity index (χ2v) is 6.78. The number of carbonyl (C=O) groups excluding carboxylic acids is 1. The van der Waals surface area contributed by atoms with Crippen LogP contribution in [-0.4, -0.2) is 12.5 Å². The van der Waals surface area contributed by atoms with Gasteiger partial charge in [-0.3, -0.25) is 4.79 Å². The van der Waals surface area contributed by atoms with Crippen LogP contribution in [-0.2, 0) is 17.6 Å². The van der Waals surface area contributed by atoms with Crippen molar-refractivity contribution in [1.29, 1.82) is 0 Å². The third-order valence-corrected chi connectivity index (χ3v) is 4.49. The number of aryl methyl sites for hydroxylation is 4. The molecule has 0 aliphatic rings. The molecule has 2 rings (SSSR count). The molecule has 0 spiro atoms. The molecule has 0 fully saturated rings. The number of rotatable bonds is 6. The Balaban J connectivity index is 2.10. The lowest BCUT2D eigenvalue weighted by atomic mass is 10.0. The van der Waals surface area contributed by atoms with Gasteiger partial charge in [0.2, 0.25) is 0 Å². The van der Waals surface area contributed by atoms with Crippen molar-refractivity contribution in [2.75, 3.05) is 11.9 Å². The van der Waals surface area contributed by atoms with Gasteiger partial charge in [0.25, 0.3) is 5.91 Å². The smallest absolute Gasteiger partial charge is 0.262 e. The summed E-state index contributed by atoms with van der Waals surface area (Å²) in [5.41, 5.74) is 5.26. The molecule has 0 atom stereocenters. The van der Waals surface area contributed by atoms with E-state index in [1.54, 1.807) is 0 Å². The van der Waals surface area contributed by atoms with Crippen LogP contribution in [0.1, 0.15) is 36.1 Å². The van der Waals surface area contributed by atoms with E-state index in [0.717, 1.165) is 51.0 Å². The fourth-order valence-corrected chi connectivity index (χ4v) is 3.53. The quantitative estimate of drug-likeness (QED) is 0.736. The fraction of sp³-hybridized carbons (Fsp3) is 0.350. The van der Waals surface area contributed by atoms with E-state index in [2.05, 4.69) is 47.2 Å². The van der Waals surface area contributed by atoms with E-state index in [-0.39, 0.29) is 12.5 Å². The van der Waals surface area contributed by atoms with Gasteiger partial charge in [-0.25, -0.2) is 0 Å². The number of carbonyl (C=O) groups is 1.